The predicted octanol–water partition coefficient (Wildman–Crippen LogP) is 19.6. The number of benzene rings is 13. The van der Waals surface area contributed by atoms with Gasteiger partial charge >= 0.3 is 0 Å². The lowest BCUT2D eigenvalue weighted by atomic mass is 9.92. The Labute approximate surface area is 424 Å². The molecule has 13 aromatic carbocycles. The molecule has 0 saturated heterocycles. The van der Waals surface area contributed by atoms with Crippen LogP contribution in [-0.4, -0.2) is 4.57 Å². The minimum absolute atomic E-state index is 1.07. The van der Waals surface area contributed by atoms with Gasteiger partial charge in [0.25, 0.3) is 0 Å². The van der Waals surface area contributed by atoms with Gasteiger partial charge in [-0.15, -0.1) is 0 Å². The third-order valence-corrected chi connectivity index (χ3v) is 14.7. The van der Waals surface area contributed by atoms with E-state index in [2.05, 4.69) is 299 Å². The Morgan fingerprint density at radius 2 is 0.603 bits per heavy atom. The standard InChI is InChI=1S/C70H47N3/c1-5-14-48(15-6-1)50-26-34-59(35-27-50)72(62-42-40-61(41-43-62)71(57-20-9-3-10-21-57)58-22-11-4-12-23-58)60-36-30-52(31-37-60)55-33-44-64-66(46-55)73(63-38-28-51(29-39-63)49-16-7-2-8-17-49)67-47-56-25-24-53-18-13-19-54-32-45-65(70(64)67)69(56)68(53)54/h1-47H. The lowest BCUT2D eigenvalue weighted by Gasteiger charge is -2.28. The van der Waals surface area contributed by atoms with Crippen LogP contribution in [0.5, 0.6) is 0 Å². The number of rotatable bonds is 10. The summed E-state index contributed by atoms with van der Waals surface area (Å²) in [6.45, 7) is 0. The fourth-order valence-corrected chi connectivity index (χ4v) is 11.2. The zero-order valence-electron chi connectivity index (χ0n) is 40.0. The Hall–Kier alpha value is -9.70. The first-order valence-corrected chi connectivity index (χ1v) is 25.1. The molecule has 0 unspecified atom stereocenters. The minimum Gasteiger partial charge on any atom is -0.311 e. The topological polar surface area (TPSA) is 11.4 Å². The maximum absolute atomic E-state index is 2.48. The highest BCUT2D eigenvalue weighted by Gasteiger charge is 2.21. The molecule has 0 bridgehead atoms. The second kappa shape index (κ2) is 17.6. The van der Waals surface area contributed by atoms with Gasteiger partial charge < -0.3 is 14.4 Å². The van der Waals surface area contributed by atoms with Gasteiger partial charge in [0.1, 0.15) is 0 Å². The van der Waals surface area contributed by atoms with Gasteiger partial charge in [0, 0.05) is 50.6 Å². The summed E-state index contributed by atoms with van der Waals surface area (Å²) < 4.78 is 2.48. The maximum Gasteiger partial charge on any atom is 0.0553 e. The highest BCUT2D eigenvalue weighted by atomic mass is 15.2. The lowest BCUT2D eigenvalue weighted by molar-refractivity contribution is 1.18. The van der Waals surface area contributed by atoms with E-state index >= 15 is 0 Å². The van der Waals surface area contributed by atoms with Crippen LogP contribution < -0.4 is 9.80 Å². The van der Waals surface area contributed by atoms with Crippen LogP contribution in [-0.2, 0) is 0 Å². The van der Waals surface area contributed by atoms with Crippen molar-refractivity contribution in [3.05, 3.63) is 285 Å². The van der Waals surface area contributed by atoms with Crippen LogP contribution in [0.3, 0.4) is 0 Å². The average molecular weight is 930 g/mol. The molecule has 3 nitrogen and oxygen atoms in total. The molecule has 342 valence electrons. The molecule has 3 heteroatoms. The largest absolute Gasteiger partial charge is 0.311 e. The molecule has 0 atom stereocenters. The number of hydrogen-bond donors (Lipinski definition) is 0. The number of para-hydroxylation sites is 2. The summed E-state index contributed by atoms with van der Waals surface area (Å²) >= 11 is 0. The Morgan fingerprint density at radius 3 is 1.12 bits per heavy atom. The lowest BCUT2D eigenvalue weighted by Crippen LogP contribution is -2.12. The van der Waals surface area contributed by atoms with Gasteiger partial charge in [-0.1, -0.05) is 188 Å². The van der Waals surface area contributed by atoms with Crippen molar-refractivity contribution in [1.82, 2.24) is 4.57 Å². The number of aromatic nitrogens is 1. The number of hydrogen-bond acceptors (Lipinski definition) is 2. The van der Waals surface area contributed by atoms with Gasteiger partial charge in [-0.3, -0.25) is 0 Å². The highest BCUT2D eigenvalue weighted by Crippen LogP contribution is 2.45. The molecule has 0 fully saturated rings. The first kappa shape index (κ1) is 42.2. The van der Waals surface area contributed by atoms with Crippen molar-refractivity contribution in [1.29, 1.82) is 0 Å². The van der Waals surface area contributed by atoms with E-state index in [1.807, 2.05) is 0 Å². The Morgan fingerprint density at radius 1 is 0.219 bits per heavy atom. The molecule has 0 amide bonds. The van der Waals surface area contributed by atoms with E-state index < -0.39 is 0 Å². The molecule has 0 aliphatic carbocycles. The summed E-state index contributed by atoms with van der Waals surface area (Å²) in [5.74, 6) is 0. The maximum atomic E-state index is 2.48. The fourth-order valence-electron chi connectivity index (χ4n) is 11.2. The SMILES string of the molecule is c1ccc(-c2ccc(N(c3ccc(-c4ccc5c6c7ccc8cccc9ccc(cc6n(-c6ccc(-c%10ccccc%10)cc6)c5c4)c7c98)cc3)c3ccc(N(c4ccccc4)c4ccccc4)cc3)cc2)cc1. The van der Waals surface area contributed by atoms with E-state index in [1.54, 1.807) is 0 Å². The predicted molar refractivity (Wildman–Crippen MR) is 310 cm³/mol. The second-order valence-corrected chi connectivity index (χ2v) is 18.9. The summed E-state index contributed by atoms with van der Waals surface area (Å²) in [5.41, 5.74) is 17.2. The smallest absolute Gasteiger partial charge is 0.0553 e. The molecule has 14 rings (SSSR count). The van der Waals surface area contributed by atoms with Gasteiger partial charge in [0.05, 0.1) is 11.0 Å². The van der Waals surface area contributed by atoms with Gasteiger partial charge in [-0.05, 0) is 163 Å². The first-order chi connectivity index (χ1) is 36.2. The van der Waals surface area contributed by atoms with Crippen molar-refractivity contribution in [3.8, 4) is 39.1 Å². The number of anilines is 6. The fraction of sp³-hybridized carbons (Fsp3) is 0. The van der Waals surface area contributed by atoms with Crippen molar-refractivity contribution >= 4 is 88.2 Å². The number of fused-ring (bicyclic) bond motifs is 4. The van der Waals surface area contributed by atoms with Crippen LogP contribution >= 0.6 is 0 Å². The third kappa shape index (κ3) is 7.37. The van der Waals surface area contributed by atoms with Crippen LogP contribution in [0.2, 0.25) is 0 Å². The normalized spacial score (nSPS) is 11.6. The van der Waals surface area contributed by atoms with E-state index in [4.69, 9.17) is 0 Å². The molecule has 1 aromatic heterocycles. The Bertz CT molecular complexity index is 4190. The molecule has 1 heterocycles. The monoisotopic (exact) mass is 929 g/mol. The van der Waals surface area contributed by atoms with Crippen molar-refractivity contribution in [3.63, 3.8) is 0 Å². The van der Waals surface area contributed by atoms with Crippen LogP contribution in [0.15, 0.2) is 285 Å². The minimum atomic E-state index is 1.07. The van der Waals surface area contributed by atoms with E-state index in [0.29, 0.717) is 0 Å². The third-order valence-electron chi connectivity index (χ3n) is 14.7. The van der Waals surface area contributed by atoms with Crippen LogP contribution in [0.25, 0.3) is 93.2 Å². The summed E-state index contributed by atoms with van der Waals surface area (Å²) in [4.78, 5) is 4.66. The van der Waals surface area contributed by atoms with E-state index in [1.165, 1.54) is 76.4 Å². The summed E-state index contributed by atoms with van der Waals surface area (Å²) in [5, 5.41) is 10.3. The molecular formula is C70H47N3. The van der Waals surface area contributed by atoms with Crippen molar-refractivity contribution in [2.24, 2.45) is 0 Å². The van der Waals surface area contributed by atoms with Gasteiger partial charge in [0.15, 0.2) is 0 Å². The Balaban J connectivity index is 0.890. The molecular weight excluding hydrogens is 883 g/mol. The van der Waals surface area contributed by atoms with Gasteiger partial charge in [-0.25, -0.2) is 0 Å². The van der Waals surface area contributed by atoms with Crippen LogP contribution in [0.1, 0.15) is 0 Å². The summed E-state index contributed by atoms with van der Waals surface area (Å²) in [6, 6.07) is 104. The molecule has 0 aliphatic heterocycles. The quantitative estimate of drug-likeness (QED) is 0.127. The molecule has 0 N–H and O–H groups in total. The van der Waals surface area contributed by atoms with Crippen LogP contribution in [0.4, 0.5) is 34.1 Å². The second-order valence-electron chi connectivity index (χ2n) is 18.9. The Kier molecular flexibility index (Phi) is 10.2. The number of nitrogens with zero attached hydrogens (tertiary/aromatic N) is 3. The van der Waals surface area contributed by atoms with Crippen molar-refractivity contribution in [2.45, 2.75) is 0 Å². The first-order valence-electron chi connectivity index (χ1n) is 25.1. The van der Waals surface area contributed by atoms with Crippen LogP contribution in [0, 0.1) is 0 Å². The summed E-state index contributed by atoms with van der Waals surface area (Å²) in [6.07, 6.45) is 0. The van der Waals surface area contributed by atoms with Crippen molar-refractivity contribution in [2.75, 3.05) is 9.80 Å². The van der Waals surface area contributed by atoms with E-state index in [-0.39, 0.29) is 0 Å². The highest BCUT2D eigenvalue weighted by molar-refractivity contribution is 6.33. The van der Waals surface area contributed by atoms with E-state index in [9.17, 15) is 0 Å². The van der Waals surface area contributed by atoms with Gasteiger partial charge in [0.2, 0.25) is 0 Å². The summed E-state index contributed by atoms with van der Waals surface area (Å²) in [7, 11) is 0. The van der Waals surface area contributed by atoms with Crippen molar-refractivity contribution < 1.29 is 0 Å². The molecule has 0 aliphatic rings. The molecule has 0 spiro atoms. The molecule has 14 aromatic rings. The van der Waals surface area contributed by atoms with Gasteiger partial charge in [-0.2, -0.15) is 0 Å². The molecule has 0 radical (unpaired) electrons. The zero-order valence-corrected chi connectivity index (χ0v) is 40.0. The average Bonchev–Trinajstić information content (AvgIpc) is 3.80. The molecule has 73 heavy (non-hydrogen) atoms. The zero-order chi connectivity index (χ0) is 48.2. The molecule has 0 saturated carbocycles. The van der Waals surface area contributed by atoms with E-state index in [0.717, 1.165) is 50.9 Å².